The Labute approximate surface area is 128 Å². The Morgan fingerprint density at radius 3 is 2.57 bits per heavy atom. The van der Waals surface area contributed by atoms with Gasteiger partial charge >= 0.3 is 0 Å². The lowest BCUT2D eigenvalue weighted by Crippen LogP contribution is -2.49. The van der Waals surface area contributed by atoms with Crippen molar-refractivity contribution < 1.29 is 4.79 Å². The average molecular weight is 291 g/mol. The van der Waals surface area contributed by atoms with E-state index in [1.807, 2.05) is 0 Å². The molecule has 0 radical (unpaired) electrons. The number of nitrogens with one attached hydrogen (secondary N) is 1. The molecule has 3 unspecified atom stereocenters. The molecule has 0 aromatic heterocycles. The fraction of sp³-hybridized carbons (Fsp3) is 0.882. The summed E-state index contributed by atoms with van der Waals surface area (Å²) in [6.45, 7) is 4.19. The van der Waals surface area contributed by atoms with Crippen LogP contribution in [-0.4, -0.2) is 37.0 Å². The molecule has 0 bridgehead atoms. The van der Waals surface area contributed by atoms with Gasteiger partial charge < -0.3 is 5.32 Å². The summed E-state index contributed by atoms with van der Waals surface area (Å²) in [6, 6.07) is 2.96. The lowest BCUT2D eigenvalue weighted by molar-refractivity contribution is -0.126. The Hall–Kier alpha value is -1.08. The van der Waals surface area contributed by atoms with Crippen molar-refractivity contribution in [2.75, 3.05) is 20.1 Å². The highest BCUT2D eigenvalue weighted by molar-refractivity contribution is 5.78. The molecule has 4 heteroatoms. The van der Waals surface area contributed by atoms with Gasteiger partial charge in [-0.15, -0.1) is 0 Å². The van der Waals surface area contributed by atoms with Crippen LogP contribution in [0.5, 0.6) is 0 Å². The second kappa shape index (κ2) is 7.79. The molecule has 2 rings (SSSR count). The van der Waals surface area contributed by atoms with Crippen molar-refractivity contribution in [3.05, 3.63) is 0 Å². The van der Waals surface area contributed by atoms with Crippen LogP contribution in [-0.2, 0) is 4.79 Å². The van der Waals surface area contributed by atoms with Crippen LogP contribution in [0.1, 0.15) is 51.9 Å². The minimum Gasteiger partial charge on any atom is -0.359 e. The summed E-state index contributed by atoms with van der Waals surface area (Å²) in [6.07, 6.45) is 7.87. The Bertz CT molecular complexity index is 382. The molecule has 21 heavy (non-hydrogen) atoms. The van der Waals surface area contributed by atoms with E-state index in [-0.39, 0.29) is 17.7 Å². The van der Waals surface area contributed by atoms with E-state index in [0.29, 0.717) is 6.04 Å². The molecule has 1 amide bonds. The molecule has 0 spiro atoms. The first kappa shape index (κ1) is 16.3. The number of rotatable bonds is 4. The number of likely N-dealkylation sites (tertiary alicyclic amines) is 1. The van der Waals surface area contributed by atoms with E-state index in [4.69, 9.17) is 0 Å². The fourth-order valence-electron chi connectivity index (χ4n) is 4.15. The average Bonchev–Trinajstić information content (AvgIpc) is 2.54. The van der Waals surface area contributed by atoms with Crippen LogP contribution in [0.25, 0.3) is 0 Å². The Morgan fingerprint density at radius 1 is 1.29 bits per heavy atom. The third-order valence-electron chi connectivity index (χ3n) is 5.40. The predicted molar refractivity (Wildman–Crippen MR) is 83.5 cm³/mol. The maximum atomic E-state index is 11.7. The van der Waals surface area contributed by atoms with Crippen molar-refractivity contribution >= 4 is 5.91 Å². The molecule has 2 fully saturated rings. The lowest BCUT2D eigenvalue weighted by Gasteiger charge is -2.43. The van der Waals surface area contributed by atoms with Crippen LogP contribution in [0.3, 0.4) is 0 Å². The van der Waals surface area contributed by atoms with Gasteiger partial charge in [0.25, 0.3) is 0 Å². The van der Waals surface area contributed by atoms with E-state index >= 15 is 0 Å². The van der Waals surface area contributed by atoms with Crippen molar-refractivity contribution in [2.45, 2.75) is 57.9 Å². The zero-order valence-corrected chi connectivity index (χ0v) is 13.5. The van der Waals surface area contributed by atoms with Gasteiger partial charge in [0.05, 0.1) is 12.0 Å². The molecule has 1 N–H and O–H groups in total. The highest BCUT2D eigenvalue weighted by atomic mass is 16.1. The summed E-state index contributed by atoms with van der Waals surface area (Å²) in [7, 11) is 1.72. The number of piperidine rings is 1. The van der Waals surface area contributed by atoms with E-state index in [1.165, 1.54) is 25.7 Å². The molecule has 4 nitrogen and oxygen atoms in total. The van der Waals surface area contributed by atoms with Gasteiger partial charge in [-0.25, -0.2) is 0 Å². The molecular weight excluding hydrogens is 262 g/mol. The Kier molecular flexibility index (Phi) is 6.05. The molecule has 0 aromatic rings. The summed E-state index contributed by atoms with van der Waals surface area (Å²) in [5, 5.41) is 12.2. The molecule has 1 aliphatic heterocycles. The van der Waals surface area contributed by atoms with Crippen molar-refractivity contribution in [3.8, 4) is 6.07 Å². The molecule has 1 saturated heterocycles. The number of amides is 1. The van der Waals surface area contributed by atoms with Gasteiger partial charge in [-0.3, -0.25) is 9.69 Å². The summed E-state index contributed by atoms with van der Waals surface area (Å²) in [5.74, 6) is 1.33. The normalized spacial score (nSPS) is 31.6. The van der Waals surface area contributed by atoms with Gasteiger partial charge in [0.15, 0.2) is 0 Å². The third-order valence-corrected chi connectivity index (χ3v) is 5.40. The zero-order chi connectivity index (χ0) is 15.2. The molecule has 1 saturated carbocycles. The van der Waals surface area contributed by atoms with Crippen LogP contribution in [0.15, 0.2) is 0 Å². The van der Waals surface area contributed by atoms with Crippen LogP contribution >= 0.6 is 0 Å². The zero-order valence-electron chi connectivity index (χ0n) is 13.5. The standard InChI is InChI=1S/C17H29N3O/c1-3-4-13-5-6-15(12-18)16(11-13)20-9-7-14(8-10-20)17(21)19-2/h13-16H,3-11H2,1-2H3,(H,19,21). The first-order chi connectivity index (χ1) is 10.2. The second-order valence-electron chi connectivity index (χ2n) is 6.70. The van der Waals surface area contributed by atoms with Gasteiger partial charge in [-0.1, -0.05) is 19.8 Å². The van der Waals surface area contributed by atoms with E-state index in [0.717, 1.165) is 38.3 Å². The molecule has 1 aliphatic carbocycles. The highest BCUT2D eigenvalue weighted by Gasteiger charge is 2.36. The van der Waals surface area contributed by atoms with Crippen molar-refractivity contribution in [1.82, 2.24) is 10.2 Å². The second-order valence-corrected chi connectivity index (χ2v) is 6.70. The minimum atomic E-state index is 0.168. The first-order valence-corrected chi connectivity index (χ1v) is 8.54. The molecule has 3 atom stereocenters. The number of nitrogens with zero attached hydrogens (tertiary/aromatic N) is 2. The number of nitriles is 1. The topological polar surface area (TPSA) is 56.1 Å². The summed E-state index contributed by atoms with van der Waals surface area (Å²) in [4.78, 5) is 14.2. The van der Waals surface area contributed by atoms with Crippen LogP contribution in [0, 0.1) is 29.1 Å². The number of hydrogen-bond acceptors (Lipinski definition) is 3. The summed E-state index contributed by atoms with van der Waals surface area (Å²) < 4.78 is 0. The van der Waals surface area contributed by atoms with Crippen LogP contribution in [0.4, 0.5) is 0 Å². The molecule has 0 aromatic carbocycles. The largest absolute Gasteiger partial charge is 0.359 e. The summed E-state index contributed by atoms with van der Waals surface area (Å²) >= 11 is 0. The van der Waals surface area contributed by atoms with Gasteiger partial charge in [0.2, 0.25) is 5.91 Å². The number of carbonyl (C=O) groups excluding carboxylic acids is 1. The predicted octanol–water partition coefficient (Wildman–Crippen LogP) is 2.55. The van der Waals surface area contributed by atoms with Gasteiger partial charge in [-0.2, -0.15) is 5.26 Å². The van der Waals surface area contributed by atoms with Crippen molar-refractivity contribution in [1.29, 1.82) is 5.26 Å². The monoisotopic (exact) mass is 291 g/mol. The lowest BCUT2D eigenvalue weighted by atomic mass is 9.76. The van der Waals surface area contributed by atoms with Crippen molar-refractivity contribution in [3.63, 3.8) is 0 Å². The number of carbonyl (C=O) groups is 1. The smallest absolute Gasteiger partial charge is 0.222 e. The number of hydrogen-bond donors (Lipinski definition) is 1. The maximum absolute atomic E-state index is 11.7. The van der Waals surface area contributed by atoms with Gasteiger partial charge in [0, 0.05) is 19.0 Å². The van der Waals surface area contributed by atoms with E-state index in [2.05, 4.69) is 23.2 Å². The Morgan fingerprint density at radius 2 is 2.00 bits per heavy atom. The van der Waals surface area contributed by atoms with Crippen molar-refractivity contribution in [2.24, 2.45) is 17.8 Å². The minimum absolute atomic E-state index is 0.168. The van der Waals surface area contributed by atoms with E-state index in [9.17, 15) is 10.1 Å². The molecular formula is C17H29N3O. The van der Waals surface area contributed by atoms with E-state index in [1.54, 1.807) is 7.05 Å². The highest BCUT2D eigenvalue weighted by Crippen LogP contribution is 2.36. The molecule has 118 valence electrons. The summed E-state index contributed by atoms with van der Waals surface area (Å²) in [5.41, 5.74) is 0. The third kappa shape index (κ3) is 3.97. The van der Waals surface area contributed by atoms with Gasteiger partial charge in [-0.05, 0) is 51.1 Å². The van der Waals surface area contributed by atoms with Gasteiger partial charge in [0.1, 0.15) is 0 Å². The molecule has 2 aliphatic rings. The van der Waals surface area contributed by atoms with Crippen LogP contribution in [0.2, 0.25) is 0 Å². The quantitative estimate of drug-likeness (QED) is 0.866. The maximum Gasteiger partial charge on any atom is 0.222 e. The fourth-order valence-corrected chi connectivity index (χ4v) is 4.15. The Balaban J connectivity index is 1.93. The van der Waals surface area contributed by atoms with E-state index < -0.39 is 0 Å². The first-order valence-electron chi connectivity index (χ1n) is 8.54. The van der Waals surface area contributed by atoms with Crippen LogP contribution < -0.4 is 5.32 Å². The SMILES string of the molecule is CCCC1CCC(C#N)C(N2CCC(C(=O)NC)CC2)C1. The molecule has 1 heterocycles.